The summed E-state index contributed by atoms with van der Waals surface area (Å²) in [6.45, 7) is 5.10. The van der Waals surface area contributed by atoms with Crippen LogP contribution in [0.25, 0.3) is 11.0 Å². The Labute approximate surface area is 135 Å². The number of piperazine rings is 1. The molecule has 1 aromatic carbocycles. The predicted molar refractivity (Wildman–Crippen MR) is 89.5 cm³/mol. The minimum atomic E-state index is 0.203. The molecule has 23 heavy (non-hydrogen) atoms. The number of hydrogen-bond donors (Lipinski definition) is 2. The van der Waals surface area contributed by atoms with Gasteiger partial charge in [-0.05, 0) is 25.0 Å². The average molecular weight is 313 g/mol. The predicted octanol–water partition coefficient (Wildman–Crippen LogP) is 1.77. The summed E-state index contributed by atoms with van der Waals surface area (Å²) in [6, 6.07) is 8.35. The summed E-state index contributed by atoms with van der Waals surface area (Å²) in [5.74, 6) is 1.50. The van der Waals surface area contributed by atoms with Gasteiger partial charge in [0.15, 0.2) is 0 Å². The molecule has 2 saturated heterocycles. The minimum absolute atomic E-state index is 0.203. The largest absolute Gasteiger partial charge is 0.342 e. The van der Waals surface area contributed by atoms with E-state index in [4.69, 9.17) is 4.98 Å². The average Bonchev–Trinajstić information content (AvgIpc) is 3.06. The number of benzene rings is 1. The molecule has 0 bridgehead atoms. The molecule has 2 N–H and O–H groups in total. The van der Waals surface area contributed by atoms with Gasteiger partial charge < -0.3 is 20.1 Å². The molecule has 2 aliphatic rings. The molecule has 0 spiro atoms. The lowest BCUT2D eigenvalue weighted by atomic mass is 9.96. The summed E-state index contributed by atoms with van der Waals surface area (Å²) in [5, 5.41) is 3.29. The van der Waals surface area contributed by atoms with Crippen molar-refractivity contribution in [3.05, 3.63) is 30.1 Å². The van der Waals surface area contributed by atoms with Gasteiger partial charge in [-0.2, -0.15) is 0 Å². The smallest absolute Gasteiger partial charge is 0.320 e. The highest BCUT2D eigenvalue weighted by atomic mass is 16.2. The van der Waals surface area contributed by atoms with E-state index in [0.717, 1.165) is 69.0 Å². The molecular formula is C17H23N5O. The molecule has 2 aliphatic heterocycles. The van der Waals surface area contributed by atoms with Crippen LogP contribution in [0, 0.1) is 0 Å². The molecule has 4 rings (SSSR count). The zero-order valence-electron chi connectivity index (χ0n) is 13.3. The van der Waals surface area contributed by atoms with E-state index in [1.807, 2.05) is 28.0 Å². The highest BCUT2D eigenvalue weighted by molar-refractivity contribution is 5.75. The molecule has 6 heteroatoms. The third-order valence-electron chi connectivity index (χ3n) is 4.95. The van der Waals surface area contributed by atoms with Crippen LogP contribution in [-0.2, 0) is 0 Å². The van der Waals surface area contributed by atoms with E-state index in [-0.39, 0.29) is 6.03 Å². The van der Waals surface area contributed by atoms with Crippen molar-refractivity contribution in [3.8, 4) is 0 Å². The first-order valence-corrected chi connectivity index (χ1v) is 8.50. The lowest BCUT2D eigenvalue weighted by Gasteiger charge is -2.36. The molecular weight excluding hydrogens is 290 g/mol. The quantitative estimate of drug-likeness (QED) is 0.843. The first-order chi connectivity index (χ1) is 11.3. The Bertz CT molecular complexity index is 650. The number of carbonyl (C=O) groups is 1. The number of aromatic amines is 1. The van der Waals surface area contributed by atoms with Crippen molar-refractivity contribution in [2.24, 2.45) is 0 Å². The number of hydrogen-bond acceptors (Lipinski definition) is 3. The van der Waals surface area contributed by atoms with Crippen molar-refractivity contribution in [1.82, 2.24) is 25.1 Å². The number of piperidine rings is 1. The molecule has 0 aliphatic carbocycles. The third kappa shape index (κ3) is 2.91. The Balaban J connectivity index is 1.39. The molecule has 0 atom stereocenters. The normalized spacial score (nSPS) is 20.2. The molecule has 0 unspecified atom stereocenters. The van der Waals surface area contributed by atoms with Crippen LogP contribution in [0.5, 0.6) is 0 Å². The van der Waals surface area contributed by atoms with Crippen LogP contribution < -0.4 is 5.32 Å². The molecule has 3 heterocycles. The van der Waals surface area contributed by atoms with Crippen molar-refractivity contribution in [3.63, 3.8) is 0 Å². The molecule has 0 saturated carbocycles. The molecule has 122 valence electrons. The molecule has 2 fully saturated rings. The number of H-pyrrole nitrogens is 1. The van der Waals surface area contributed by atoms with Crippen LogP contribution in [0.15, 0.2) is 24.3 Å². The number of para-hydroxylation sites is 2. The van der Waals surface area contributed by atoms with Crippen molar-refractivity contribution < 1.29 is 4.79 Å². The number of likely N-dealkylation sites (tertiary alicyclic amines) is 1. The van der Waals surface area contributed by atoms with Crippen LogP contribution in [0.2, 0.25) is 0 Å². The van der Waals surface area contributed by atoms with Gasteiger partial charge in [-0.1, -0.05) is 12.1 Å². The van der Waals surface area contributed by atoms with Crippen molar-refractivity contribution in [2.45, 2.75) is 18.8 Å². The second kappa shape index (κ2) is 6.20. The van der Waals surface area contributed by atoms with Crippen LogP contribution in [0.3, 0.4) is 0 Å². The van der Waals surface area contributed by atoms with E-state index in [9.17, 15) is 4.79 Å². The molecule has 2 aromatic rings. The fourth-order valence-electron chi connectivity index (χ4n) is 3.57. The van der Waals surface area contributed by atoms with E-state index < -0.39 is 0 Å². The number of amides is 2. The summed E-state index contributed by atoms with van der Waals surface area (Å²) < 4.78 is 0. The third-order valence-corrected chi connectivity index (χ3v) is 4.95. The second-order valence-corrected chi connectivity index (χ2v) is 6.42. The standard InChI is InChI=1S/C17H23N5O/c23-17(22-11-7-18-8-12-22)21-9-5-13(6-10-21)16-19-14-3-1-2-4-15(14)20-16/h1-4,13,18H,5-12H2,(H,19,20). The fraction of sp³-hybridized carbons (Fsp3) is 0.529. The zero-order chi connectivity index (χ0) is 15.6. The zero-order valence-corrected chi connectivity index (χ0v) is 13.3. The maximum Gasteiger partial charge on any atom is 0.320 e. The number of imidazole rings is 1. The van der Waals surface area contributed by atoms with Crippen LogP contribution in [0.4, 0.5) is 4.79 Å². The summed E-state index contributed by atoms with van der Waals surface area (Å²) >= 11 is 0. The Hall–Kier alpha value is -2.08. The summed E-state index contributed by atoms with van der Waals surface area (Å²) in [7, 11) is 0. The Morgan fingerprint density at radius 1 is 1.04 bits per heavy atom. The maximum absolute atomic E-state index is 12.5. The van der Waals surface area contributed by atoms with Gasteiger partial charge in [0, 0.05) is 45.2 Å². The van der Waals surface area contributed by atoms with Gasteiger partial charge in [0.2, 0.25) is 0 Å². The van der Waals surface area contributed by atoms with Gasteiger partial charge in [0.1, 0.15) is 5.82 Å². The van der Waals surface area contributed by atoms with Crippen molar-refractivity contribution in [1.29, 1.82) is 0 Å². The number of rotatable bonds is 1. The summed E-state index contributed by atoms with van der Waals surface area (Å²) in [4.78, 5) is 24.7. The van der Waals surface area contributed by atoms with Crippen LogP contribution in [-0.4, -0.2) is 65.1 Å². The lowest BCUT2D eigenvalue weighted by Crippen LogP contribution is -2.52. The molecule has 0 radical (unpaired) electrons. The van der Waals surface area contributed by atoms with E-state index in [1.54, 1.807) is 0 Å². The van der Waals surface area contributed by atoms with Gasteiger partial charge in [-0.25, -0.2) is 9.78 Å². The van der Waals surface area contributed by atoms with E-state index in [0.29, 0.717) is 5.92 Å². The number of nitrogens with zero attached hydrogens (tertiary/aromatic N) is 3. The van der Waals surface area contributed by atoms with Gasteiger partial charge in [0.25, 0.3) is 0 Å². The van der Waals surface area contributed by atoms with Gasteiger partial charge >= 0.3 is 6.03 Å². The Kier molecular flexibility index (Phi) is 3.91. The summed E-state index contributed by atoms with van der Waals surface area (Å²) in [5.41, 5.74) is 2.13. The molecule has 1 aromatic heterocycles. The first-order valence-electron chi connectivity index (χ1n) is 8.50. The van der Waals surface area contributed by atoms with Crippen LogP contribution >= 0.6 is 0 Å². The number of fused-ring (bicyclic) bond motifs is 1. The first kappa shape index (κ1) is 14.5. The highest BCUT2D eigenvalue weighted by Crippen LogP contribution is 2.28. The van der Waals surface area contributed by atoms with Crippen molar-refractivity contribution in [2.75, 3.05) is 39.3 Å². The summed E-state index contributed by atoms with van der Waals surface area (Å²) in [6.07, 6.45) is 1.97. The monoisotopic (exact) mass is 313 g/mol. The number of urea groups is 1. The highest BCUT2D eigenvalue weighted by Gasteiger charge is 2.28. The van der Waals surface area contributed by atoms with Gasteiger partial charge in [0.05, 0.1) is 11.0 Å². The van der Waals surface area contributed by atoms with Crippen LogP contribution in [0.1, 0.15) is 24.6 Å². The van der Waals surface area contributed by atoms with E-state index in [1.165, 1.54) is 0 Å². The van der Waals surface area contributed by atoms with Crippen molar-refractivity contribution >= 4 is 17.1 Å². The Morgan fingerprint density at radius 2 is 1.74 bits per heavy atom. The Morgan fingerprint density at radius 3 is 2.48 bits per heavy atom. The molecule has 6 nitrogen and oxygen atoms in total. The second-order valence-electron chi connectivity index (χ2n) is 6.42. The number of nitrogens with one attached hydrogen (secondary N) is 2. The number of aromatic nitrogens is 2. The van der Waals surface area contributed by atoms with E-state index in [2.05, 4.69) is 16.4 Å². The fourth-order valence-corrected chi connectivity index (χ4v) is 3.57. The number of carbonyl (C=O) groups excluding carboxylic acids is 1. The topological polar surface area (TPSA) is 64.3 Å². The molecule has 2 amide bonds. The minimum Gasteiger partial charge on any atom is -0.342 e. The van der Waals surface area contributed by atoms with E-state index >= 15 is 0 Å². The van der Waals surface area contributed by atoms with Gasteiger partial charge in [-0.15, -0.1) is 0 Å². The maximum atomic E-state index is 12.5. The SMILES string of the molecule is O=C(N1CCNCC1)N1CCC(c2nc3ccccc3[nH]2)CC1. The van der Waals surface area contributed by atoms with Gasteiger partial charge in [-0.3, -0.25) is 0 Å². The lowest BCUT2D eigenvalue weighted by molar-refractivity contribution is 0.134.